The molecule has 0 saturated heterocycles. The van der Waals surface area contributed by atoms with E-state index in [4.69, 9.17) is 18.9 Å². The molecule has 6 nitrogen and oxygen atoms in total. The van der Waals surface area contributed by atoms with Gasteiger partial charge in [0, 0.05) is 17.2 Å². The third kappa shape index (κ3) is 8.25. The van der Waals surface area contributed by atoms with Gasteiger partial charge in [0.1, 0.15) is 17.2 Å². The number of hydrogen-bond donors (Lipinski definition) is 0. The second-order valence-corrected chi connectivity index (χ2v) is 9.65. The predicted molar refractivity (Wildman–Crippen MR) is 134 cm³/mol. The number of carbonyl (C=O) groups excluding carboxylic acids is 2. The molecule has 2 aromatic rings. The van der Waals surface area contributed by atoms with E-state index in [1.807, 2.05) is 46.8 Å². The first kappa shape index (κ1) is 27.0. The van der Waals surface area contributed by atoms with Gasteiger partial charge in [0.05, 0.1) is 17.6 Å². The molecule has 0 spiro atoms. The summed E-state index contributed by atoms with van der Waals surface area (Å²) in [4.78, 5) is 24.5. The second-order valence-electron chi connectivity index (χ2n) is 9.65. The molecule has 0 saturated carbocycles. The van der Waals surface area contributed by atoms with Crippen LogP contribution in [0.5, 0.6) is 17.2 Å². The molecule has 0 unspecified atom stereocenters. The third-order valence-electron chi connectivity index (χ3n) is 4.61. The fourth-order valence-electron chi connectivity index (χ4n) is 2.90. The van der Waals surface area contributed by atoms with Crippen LogP contribution in [0.3, 0.4) is 0 Å². The van der Waals surface area contributed by atoms with Crippen molar-refractivity contribution >= 4 is 17.8 Å². The maximum Gasteiger partial charge on any atom is 0.314 e. The number of allylic oxidation sites excluding steroid dienone is 1. The zero-order chi connectivity index (χ0) is 25.5. The quantitative estimate of drug-likeness (QED) is 0.174. The average Bonchev–Trinajstić information content (AvgIpc) is 2.73. The van der Waals surface area contributed by atoms with Gasteiger partial charge in [-0.3, -0.25) is 9.59 Å². The lowest BCUT2D eigenvalue weighted by atomic mass is 9.98. The fraction of sp³-hybridized carbons (Fsp3) is 0.429. The normalized spacial score (nSPS) is 11.7. The van der Waals surface area contributed by atoms with Crippen molar-refractivity contribution in [1.29, 1.82) is 0 Å². The Labute approximate surface area is 202 Å². The van der Waals surface area contributed by atoms with Gasteiger partial charge in [0.25, 0.3) is 0 Å². The summed E-state index contributed by atoms with van der Waals surface area (Å²) in [5.74, 6) is 1.43. The van der Waals surface area contributed by atoms with Gasteiger partial charge < -0.3 is 18.9 Å². The van der Waals surface area contributed by atoms with Gasteiger partial charge in [-0.05, 0) is 103 Å². The number of aryl methyl sites for hydroxylation is 1. The Morgan fingerprint density at radius 1 is 0.912 bits per heavy atom. The third-order valence-corrected chi connectivity index (χ3v) is 4.61. The molecule has 0 aliphatic carbocycles. The van der Waals surface area contributed by atoms with E-state index in [2.05, 4.69) is 0 Å². The molecule has 2 rings (SSSR count). The van der Waals surface area contributed by atoms with Gasteiger partial charge in [-0.1, -0.05) is 0 Å². The van der Waals surface area contributed by atoms with Crippen molar-refractivity contribution in [3.05, 3.63) is 59.2 Å². The van der Waals surface area contributed by atoms with Crippen molar-refractivity contribution in [2.24, 2.45) is 5.41 Å². The van der Waals surface area contributed by atoms with E-state index < -0.39 is 5.41 Å². The Balaban J connectivity index is 2.10. The number of esters is 1. The van der Waals surface area contributed by atoms with Gasteiger partial charge in [0.2, 0.25) is 6.79 Å². The molecule has 0 radical (unpaired) electrons. The average molecular weight is 469 g/mol. The highest BCUT2D eigenvalue weighted by molar-refractivity contribution is 6.07. The Morgan fingerprint density at radius 2 is 1.50 bits per heavy atom. The minimum atomic E-state index is -0.591. The molecule has 34 heavy (non-hydrogen) atoms. The standard InChI is InChI=1S/C28H36O6/c1-18(2)33-25-16-26(34-19(3)4)22(15-20(25)5)11-14-24(29)21-9-12-23(13-10-21)31-17-32-27(30)28(6,7)8/h9-16,18-19H,17H2,1-8H3. The summed E-state index contributed by atoms with van der Waals surface area (Å²) in [6, 6.07) is 10.5. The molecule has 6 heteroatoms. The number of ether oxygens (including phenoxy) is 4. The molecule has 0 N–H and O–H groups in total. The molecule has 0 atom stereocenters. The van der Waals surface area contributed by atoms with E-state index in [9.17, 15) is 9.59 Å². The van der Waals surface area contributed by atoms with Crippen molar-refractivity contribution in [3.63, 3.8) is 0 Å². The number of ketones is 1. The largest absolute Gasteiger partial charge is 0.491 e. The lowest BCUT2D eigenvalue weighted by molar-refractivity contribution is -0.159. The summed E-state index contributed by atoms with van der Waals surface area (Å²) >= 11 is 0. The number of rotatable bonds is 10. The molecule has 0 aliphatic rings. The van der Waals surface area contributed by atoms with Gasteiger partial charge in [-0.25, -0.2) is 0 Å². The zero-order valence-electron chi connectivity index (χ0n) is 21.4. The summed E-state index contributed by atoms with van der Waals surface area (Å²) in [6.45, 7) is 15.0. The first-order chi connectivity index (χ1) is 15.9. The molecular formula is C28H36O6. The Bertz CT molecular complexity index is 1010. The molecule has 0 bridgehead atoms. The summed E-state index contributed by atoms with van der Waals surface area (Å²) in [5, 5.41) is 0. The monoisotopic (exact) mass is 468 g/mol. The Hall–Kier alpha value is -3.28. The number of hydrogen-bond acceptors (Lipinski definition) is 6. The van der Waals surface area contributed by atoms with E-state index in [-0.39, 0.29) is 30.8 Å². The van der Waals surface area contributed by atoms with E-state index >= 15 is 0 Å². The zero-order valence-corrected chi connectivity index (χ0v) is 21.4. The predicted octanol–water partition coefficient (Wildman–Crippen LogP) is 6.39. The fourth-order valence-corrected chi connectivity index (χ4v) is 2.90. The van der Waals surface area contributed by atoms with Crippen LogP contribution in [0, 0.1) is 12.3 Å². The highest BCUT2D eigenvalue weighted by Crippen LogP contribution is 2.31. The molecule has 184 valence electrons. The summed E-state index contributed by atoms with van der Waals surface area (Å²) in [6.07, 6.45) is 3.30. The van der Waals surface area contributed by atoms with Crippen molar-refractivity contribution in [2.75, 3.05) is 6.79 Å². The highest BCUT2D eigenvalue weighted by atomic mass is 16.7. The van der Waals surface area contributed by atoms with E-state index in [1.165, 1.54) is 6.08 Å². The molecule has 0 fully saturated rings. The van der Waals surface area contributed by atoms with Gasteiger partial charge in [-0.15, -0.1) is 0 Å². The lowest BCUT2D eigenvalue weighted by Gasteiger charge is -2.18. The minimum absolute atomic E-state index is 0.0207. The van der Waals surface area contributed by atoms with Crippen molar-refractivity contribution in [2.45, 2.75) is 67.6 Å². The van der Waals surface area contributed by atoms with Crippen LogP contribution in [0.2, 0.25) is 0 Å². The molecule has 2 aromatic carbocycles. The van der Waals surface area contributed by atoms with Gasteiger partial charge >= 0.3 is 5.97 Å². The van der Waals surface area contributed by atoms with Crippen LogP contribution >= 0.6 is 0 Å². The van der Waals surface area contributed by atoms with Gasteiger partial charge in [-0.2, -0.15) is 0 Å². The van der Waals surface area contributed by atoms with E-state index in [0.29, 0.717) is 17.1 Å². The lowest BCUT2D eigenvalue weighted by Crippen LogP contribution is -2.24. The molecule has 0 aliphatic heterocycles. The van der Waals surface area contributed by atoms with Crippen LogP contribution in [0.4, 0.5) is 0 Å². The van der Waals surface area contributed by atoms with Gasteiger partial charge in [0.15, 0.2) is 5.78 Å². The molecule has 0 aromatic heterocycles. The first-order valence-corrected chi connectivity index (χ1v) is 11.5. The van der Waals surface area contributed by atoms with E-state index in [0.717, 1.165) is 16.9 Å². The maximum absolute atomic E-state index is 12.7. The van der Waals surface area contributed by atoms with Crippen molar-refractivity contribution in [3.8, 4) is 17.2 Å². The summed E-state index contributed by atoms with van der Waals surface area (Å²) < 4.78 is 22.4. The SMILES string of the molecule is Cc1cc(C=CC(=O)c2ccc(OCOC(=O)C(C)(C)C)cc2)c(OC(C)C)cc1OC(C)C. The van der Waals surface area contributed by atoms with Crippen LogP contribution in [-0.4, -0.2) is 30.8 Å². The highest BCUT2D eigenvalue weighted by Gasteiger charge is 2.23. The maximum atomic E-state index is 12.7. The number of carbonyl (C=O) groups is 2. The Morgan fingerprint density at radius 3 is 2.06 bits per heavy atom. The van der Waals surface area contributed by atoms with Crippen molar-refractivity contribution in [1.82, 2.24) is 0 Å². The Kier molecular flexibility index (Phi) is 9.30. The smallest absolute Gasteiger partial charge is 0.314 e. The molecule has 0 amide bonds. The second kappa shape index (κ2) is 11.7. The first-order valence-electron chi connectivity index (χ1n) is 11.5. The van der Waals surface area contributed by atoms with Crippen LogP contribution in [-0.2, 0) is 9.53 Å². The van der Waals surface area contributed by atoms with Crippen LogP contribution in [0.15, 0.2) is 42.5 Å². The summed E-state index contributed by atoms with van der Waals surface area (Å²) in [7, 11) is 0. The molecular weight excluding hydrogens is 432 g/mol. The van der Waals surface area contributed by atoms with Crippen molar-refractivity contribution < 1.29 is 28.5 Å². The van der Waals surface area contributed by atoms with Crippen LogP contribution < -0.4 is 14.2 Å². The van der Waals surface area contributed by atoms with Crippen LogP contribution in [0.1, 0.15) is 70.0 Å². The minimum Gasteiger partial charge on any atom is -0.491 e. The molecule has 0 heterocycles. The van der Waals surface area contributed by atoms with Crippen LogP contribution in [0.25, 0.3) is 6.08 Å². The topological polar surface area (TPSA) is 71.1 Å². The van der Waals surface area contributed by atoms with E-state index in [1.54, 1.807) is 51.1 Å². The number of benzene rings is 2. The summed E-state index contributed by atoms with van der Waals surface area (Å²) in [5.41, 5.74) is 1.69.